The third-order valence-corrected chi connectivity index (χ3v) is 5.08. The number of benzene rings is 2. The van der Waals surface area contributed by atoms with Gasteiger partial charge in [-0.3, -0.25) is 4.79 Å². The molecule has 2 aromatic heterocycles. The molecule has 4 aromatic rings. The number of nitriles is 1. The summed E-state index contributed by atoms with van der Waals surface area (Å²) in [5.74, 6) is -1.12. The minimum absolute atomic E-state index is 0.226. The molecule has 2 heterocycles. The van der Waals surface area contributed by atoms with Crippen LogP contribution in [0.1, 0.15) is 21.3 Å². The van der Waals surface area contributed by atoms with Crippen molar-refractivity contribution in [3.05, 3.63) is 83.6 Å². The summed E-state index contributed by atoms with van der Waals surface area (Å²) in [6, 6.07) is 20.9. The number of hydrogen-bond donors (Lipinski definition) is 0. The lowest BCUT2D eigenvalue weighted by atomic mass is 9.99. The van der Waals surface area contributed by atoms with Crippen LogP contribution in [-0.2, 0) is 0 Å². The Morgan fingerprint density at radius 1 is 1.08 bits per heavy atom. The summed E-state index contributed by atoms with van der Waals surface area (Å²) in [7, 11) is 0. The van der Waals surface area contributed by atoms with Crippen LogP contribution < -0.4 is 0 Å². The number of thiazole rings is 1. The largest absolute Gasteiger partial charge is 0.324 e. The van der Waals surface area contributed by atoms with E-state index >= 15 is 0 Å². The van der Waals surface area contributed by atoms with Crippen molar-refractivity contribution in [3.63, 3.8) is 0 Å². The van der Waals surface area contributed by atoms with Crippen molar-refractivity contribution in [2.75, 3.05) is 0 Å². The smallest absolute Gasteiger partial charge is 0.187 e. The van der Waals surface area contributed by atoms with Crippen molar-refractivity contribution in [1.29, 1.82) is 5.26 Å². The Hall–Kier alpha value is -3.23. The van der Waals surface area contributed by atoms with Gasteiger partial charge in [0.1, 0.15) is 5.01 Å². The zero-order chi connectivity index (χ0) is 17.2. The Balaban J connectivity index is 1.71. The fourth-order valence-electron chi connectivity index (χ4n) is 2.73. The first-order valence-electron chi connectivity index (χ1n) is 7.79. The van der Waals surface area contributed by atoms with Crippen LogP contribution in [0.15, 0.2) is 73.1 Å². The first kappa shape index (κ1) is 15.3. The van der Waals surface area contributed by atoms with Crippen LogP contribution in [0.25, 0.3) is 15.9 Å². The van der Waals surface area contributed by atoms with Crippen LogP contribution in [0.5, 0.6) is 0 Å². The predicted octanol–water partition coefficient (Wildman–Crippen LogP) is 4.58. The van der Waals surface area contributed by atoms with E-state index < -0.39 is 5.92 Å². The molecule has 4 nitrogen and oxygen atoms in total. The highest BCUT2D eigenvalue weighted by Crippen LogP contribution is 2.29. The van der Waals surface area contributed by atoms with Crippen LogP contribution in [0.3, 0.4) is 0 Å². The number of Topliss-reactive ketones (excluding diaryl/α,β-unsaturated/α-hetero) is 1. The number of carbonyl (C=O) groups excluding carboxylic acids is 1. The molecule has 120 valence electrons. The second kappa shape index (κ2) is 6.34. The number of rotatable bonds is 4. The van der Waals surface area contributed by atoms with Crippen LogP contribution >= 0.6 is 11.3 Å². The third-order valence-electron chi connectivity index (χ3n) is 3.98. The average molecular weight is 343 g/mol. The molecule has 0 N–H and O–H groups in total. The summed E-state index contributed by atoms with van der Waals surface area (Å²) in [6.45, 7) is 0. The molecule has 4 rings (SSSR count). The molecule has 0 bridgehead atoms. The summed E-state index contributed by atoms with van der Waals surface area (Å²) in [6.07, 6.45) is 3.83. The third kappa shape index (κ3) is 2.84. The zero-order valence-electron chi connectivity index (χ0n) is 13.2. The summed E-state index contributed by atoms with van der Waals surface area (Å²) in [5.41, 5.74) is 2.21. The first-order valence-corrected chi connectivity index (χ1v) is 8.60. The van der Waals surface area contributed by atoms with Gasteiger partial charge in [-0.25, -0.2) is 4.98 Å². The van der Waals surface area contributed by atoms with E-state index in [0.717, 1.165) is 15.9 Å². The summed E-state index contributed by atoms with van der Waals surface area (Å²) in [5, 5.41) is 10.1. The second-order valence-corrected chi connectivity index (χ2v) is 6.65. The molecule has 0 aliphatic rings. The number of ketones is 1. The van der Waals surface area contributed by atoms with Crippen molar-refractivity contribution in [1.82, 2.24) is 9.55 Å². The van der Waals surface area contributed by atoms with Gasteiger partial charge >= 0.3 is 0 Å². The number of fused-ring (bicyclic) bond motifs is 1. The van der Waals surface area contributed by atoms with Gasteiger partial charge in [0, 0.05) is 23.6 Å². The van der Waals surface area contributed by atoms with Gasteiger partial charge in [0.15, 0.2) is 11.7 Å². The molecule has 0 aliphatic heterocycles. The Morgan fingerprint density at radius 2 is 1.88 bits per heavy atom. The van der Waals surface area contributed by atoms with Gasteiger partial charge in [0.25, 0.3) is 0 Å². The van der Waals surface area contributed by atoms with E-state index in [9.17, 15) is 10.1 Å². The molecular weight excluding hydrogens is 330 g/mol. The maximum Gasteiger partial charge on any atom is 0.187 e. The number of hydrogen-bond acceptors (Lipinski definition) is 4. The molecule has 5 heteroatoms. The molecular formula is C20H13N3OS. The number of nitrogens with zero attached hydrogens (tertiary/aromatic N) is 3. The Labute approximate surface area is 148 Å². The molecule has 1 unspecified atom stereocenters. The predicted molar refractivity (Wildman–Crippen MR) is 98.1 cm³/mol. The monoisotopic (exact) mass is 343 g/mol. The summed E-state index contributed by atoms with van der Waals surface area (Å²) < 4.78 is 2.90. The van der Waals surface area contributed by atoms with Crippen LogP contribution in [-0.4, -0.2) is 15.3 Å². The van der Waals surface area contributed by atoms with Gasteiger partial charge < -0.3 is 4.57 Å². The van der Waals surface area contributed by atoms with E-state index in [1.807, 2.05) is 65.5 Å². The number of para-hydroxylation sites is 1. The molecule has 0 aliphatic carbocycles. The molecule has 0 spiro atoms. The highest BCUT2D eigenvalue weighted by Gasteiger charge is 2.25. The maximum absolute atomic E-state index is 12.9. The van der Waals surface area contributed by atoms with E-state index in [4.69, 9.17) is 0 Å². The fourth-order valence-corrected chi connectivity index (χ4v) is 3.74. The van der Waals surface area contributed by atoms with Crippen LogP contribution in [0, 0.1) is 11.3 Å². The molecule has 0 saturated heterocycles. The zero-order valence-corrected chi connectivity index (χ0v) is 14.0. The molecule has 0 fully saturated rings. The Morgan fingerprint density at radius 3 is 2.64 bits per heavy atom. The standard InChI is InChI=1S/C20H13N3OS/c21-13-16(20-22-17-8-1-2-9-18(17)25-20)19(24)14-6-5-7-15(12-14)23-10-3-4-11-23/h1-12,16H. The topological polar surface area (TPSA) is 58.7 Å². The van der Waals surface area contributed by atoms with Gasteiger partial charge in [-0.05, 0) is 36.4 Å². The summed E-state index contributed by atoms with van der Waals surface area (Å²) in [4.78, 5) is 17.4. The lowest BCUT2D eigenvalue weighted by Crippen LogP contribution is -2.11. The quantitative estimate of drug-likeness (QED) is 0.510. The highest BCUT2D eigenvalue weighted by molar-refractivity contribution is 7.18. The second-order valence-electron chi connectivity index (χ2n) is 5.59. The number of aromatic nitrogens is 2. The van der Waals surface area contributed by atoms with E-state index in [-0.39, 0.29) is 5.78 Å². The van der Waals surface area contributed by atoms with Crippen molar-refractivity contribution in [2.45, 2.75) is 5.92 Å². The SMILES string of the molecule is N#CC(C(=O)c1cccc(-n2cccc2)c1)c1nc2ccccc2s1. The van der Waals surface area contributed by atoms with E-state index in [1.165, 1.54) is 11.3 Å². The van der Waals surface area contributed by atoms with Crippen molar-refractivity contribution < 1.29 is 4.79 Å². The van der Waals surface area contributed by atoms with E-state index in [1.54, 1.807) is 12.1 Å². The van der Waals surface area contributed by atoms with Crippen LogP contribution in [0.2, 0.25) is 0 Å². The highest BCUT2D eigenvalue weighted by atomic mass is 32.1. The van der Waals surface area contributed by atoms with Crippen molar-refractivity contribution in [3.8, 4) is 11.8 Å². The van der Waals surface area contributed by atoms with Gasteiger partial charge in [-0.2, -0.15) is 5.26 Å². The average Bonchev–Trinajstić information content (AvgIpc) is 3.32. The Kier molecular flexibility index (Phi) is 3.88. The van der Waals surface area contributed by atoms with Crippen molar-refractivity contribution in [2.24, 2.45) is 0 Å². The van der Waals surface area contributed by atoms with E-state index in [2.05, 4.69) is 11.1 Å². The normalized spacial score (nSPS) is 12.0. The molecule has 1 atom stereocenters. The van der Waals surface area contributed by atoms with Gasteiger partial charge in [0.05, 0.1) is 16.3 Å². The van der Waals surface area contributed by atoms with E-state index in [0.29, 0.717) is 10.6 Å². The van der Waals surface area contributed by atoms with Gasteiger partial charge in [0.2, 0.25) is 0 Å². The molecule has 25 heavy (non-hydrogen) atoms. The minimum atomic E-state index is -0.891. The van der Waals surface area contributed by atoms with Crippen LogP contribution in [0.4, 0.5) is 0 Å². The van der Waals surface area contributed by atoms with Gasteiger partial charge in [-0.15, -0.1) is 11.3 Å². The lowest BCUT2D eigenvalue weighted by molar-refractivity contribution is 0.0979. The molecule has 0 radical (unpaired) electrons. The first-order chi connectivity index (χ1) is 12.3. The van der Waals surface area contributed by atoms with Gasteiger partial charge in [-0.1, -0.05) is 24.3 Å². The summed E-state index contributed by atoms with van der Waals surface area (Å²) >= 11 is 1.40. The maximum atomic E-state index is 12.9. The Bertz CT molecular complexity index is 1060. The minimum Gasteiger partial charge on any atom is -0.324 e. The number of carbonyl (C=O) groups is 1. The fraction of sp³-hybridized carbons (Fsp3) is 0.0500. The lowest BCUT2D eigenvalue weighted by Gasteiger charge is -2.08. The molecule has 0 amide bonds. The van der Waals surface area contributed by atoms with Crippen molar-refractivity contribution >= 4 is 27.3 Å². The molecule has 2 aromatic carbocycles. The molecule has 0 saturated carbocycles.